The van der Waals surface area contributed by atoms with Crippen LogP contribution in [0.1, 0.15) is 17.9 Å². The number of imide groups is 1. The number of alkyl halides is 1. The fourth-order valence-corrected chi connectivity index (χ4v) is 2.12. The molecule has 5 N–H and O–H groups in total. The minimum atomic E-state index is -0.906. The van der Waals surface area contributed by atoms with Crippen LogP contribution in [0.3, 0.4) is 0 Å². The van der Waals surface area contributed by atoms with E-state index in [1.807, 2.05) is 23.5 Å². The summed E-state index contributed by atoms with van der Waals surface area (Å²) in [6, 6.07) is 16.1. The number of nitrogens with zero attached hydrogens (tertiary/aromatic N) is 1. The first-order chi connectivity index (χ1) is 12.9. The number of carbonyl (C=O) groups excluding carboxylic acids is 3. The van der Waals surface area contributed by atoms with Gasteiger partial charge in [-0.1, -0.05) is 48.5 Å². The van der Waals surface area contributed by atoms with Gasteiger partial charge in [-0.15, -0.1) is 11.6 Å². The predicted molar refractivity (Wildman–Crippen MR) is 103 cm³/mol. The van der Waals surface area contributed by atoms with Crippen molar-refractivity contribution in [2.24, 2.45) is 11.5 Å². The van der Waals surface area contributed by atoms with Crippen molar-refractivity contribution in [3.63, 3.8) is 0 Å². The molecule has 0 spiro atoms. The standard InChI is InChI=1S/C9H9ClN2O2.C9H12N2O2/c10-7(8(13)12-9(11)14)6-4-2-1-3-5-6;1-2-13-11(9(10)12)8-6-4-3-5-7-8/h1-5,7H,(H3,11,12,13,14);3-7H,2H2,1H3,(H2,10,12). The Morgan fingerprint density at radius 2 is 1.56 bits per heavy atom. The Balaban J connectivity index is 0.000000271. The third-order valence-electron chi connectivity index (χ3n) is 3.02. The van der Waals surface area contributed by atoms with Crippen LogP contribution < -0.4 is 21.8 Å². The van der Waals surface area contributed by atoms with Gasteiger partial charge in [0, 0.05) is 0 Å². The molecule has 0 saturated heterocycles. The molecule has 0 aliphatic carbocycles. The van der Waals surface area contributed by atoms with Gasteiger partial charge >= 0.3 is 12.1 Å². The summed E-state index contributed by atoms with van der Waals surface area (Å²) < 4.78 is 0. The first kappa shape index (κ1) is 21.9. The SMILES string of the molecule is CCON(C(N)=O)c1ccccc1.NC(=O)NC(=O)C(Cl)c1ccccc1. The van der Waals surface area contributed by atoms with Gasteiger partial charge < -0.3 is 11.5 Å². The van der Waals surface area contributed by atoms with Gasteiger partial charge in [-0.05, 0) is 24.6 Å². The zero-order valence-corrected chi connectivity index (χ0v) is 15.4. The van der Waals surface area contributed by atoms with Crippen LogP contribution in [0.5, 0.6) is 0 Å². The predicted octanol–water partition coefficient (Wildman–Crippen LogP) is 2.68. The van der Waals surface area contributed by atoms with Crippen LogP contribution in [0, 0.1) is 0 Å². The highest BCUT2D eigenvalue weighted by atomic mass is 35.5. The maximum Gasteiger partial charge on any atom is 0.343 e. The summed E-state index contributed by atoms with van der Waals surface area (Å²) in [5, 5.41) is 2.08. The van der Waals surface area contributed by atoms with E-state index in [-0.39, 0.29) is 0 Å². The first-order valence-electron chi connectivity index (χ1n) is 7.93. The molecular weight excluding hydrogens is 372 g/mol. The summed E-state index contributed by atoms with van der Waals surface area (Å²) in [6.07, 6.45) is 0. The summed E-state index contributed by atoms with van der Waals surface area (Å²) in [6.45, 7) is 2.19. The van der Waals surface area contributed by atoms with E-state index in [0.717, 1.165) is 5.06 Å². The molecule has 9 heteroatoms. The third-order valence-corrected chi connectivity index (χ3v) is 3.47. The Morgan fingerprint density at radius 3 is 2.00 bits per heavy atom. The van der Waals surface area contributed by atoms with Crippen LogP contribution in [0.4, 0.5) is 15.3 Å². The number of rotatable bonds is 5. The molecule has 0 radical (unpaired) electrons. The lowest BCUT2D eigenvalue weighted by molar-refractivity contribution is -0.119. The zero-order chi connectivity index (χ0) is 20.2. The van der Waals surface area contributed by atoms with E-state index in [0.29, 0.717) is 17.9 Å². The topological polar surface area (TPSA) is 128 Å². The average molecular weight is 393 g/mol. The van der Waals surface area contributed by atoms with E-state index in [1.165, 1.54) is 0 Å². The molecule has 0 bridgehead atoms. The zero-order valence-electron chi connectivity index (χ0n) is 14.7. The molecule has 0 aliphatic rings. The normalized spacial score (nSPS) is 10.7. The number of nitrogens with one attached hydrogen (secondary N) is 1. The fourth-order valence-electron chi connectivity index (χ4n) is 1.92. The van der Waals surface area contributed by atoms with Crippen molar-refractivity contribution in [1.82, 2.24) is 5.32 Å². The van der Waals surface area contributed by atoms with Gasteiger partial charge in [-0.3, -0.25) is 14.9 Å². The third kappa shape index (κ3) is 7.76. The molecule has 27 heavy (non-hydrogen) atoms. The Bertz CT molecular complexity index is 744. The fraction of sp³-hybridized carbons (Fsp3) is 0.167. The highest BCUT2D eigenvalue weighted by Gasteiger charge is 2.18. The molecule has 2 aromatic rings. The molecule has 0 fully saturated rings. The molecule has 1 unspecified atom stereocenters. The molecule has 0 aliphatic heterocycles. The number of carbonyl (C=O) groups is 3. The molecule has 2 aromatic carbocycles. The summed E-state index contributed by atoms with van der Waals surface area (Å²) in [5.41, 5.74) is 11.2. The van der Waals surface area contributed by atoms with Gasteiger partial charge in [0.2, 0.25) is 0 Å². The number of halogens is 1. The lowest BCUT2D eigenvalue weighted by Gasteiger charge is -2.18. The van der Waals surface area contributed by atoms with Gasteiger partial charge in [0.1, 0.15) is 5.38 Å². The van der Waals surface area contributed by atoms with Gasteiger partial charge in [0.25, 0.3) is 5.91 Å². The number of anilines is 1. The number of amides is 5. The monoisotopic (exact) mass is 392 g/mol. The quantitative estimate of drug-likeness (QED) is 0.533. The number of para-hydroxylation sites is 1. The molecule has 144 valence electrons. The van der Waals surface area contributed by atoms with Gasteiger partial charge in [-0.2, -0.15) is 5.06 Å². The summed E-state index contributed by atoms with van der Waals surface area (Å²) in [5.74, 6) is -0.620. The molecule has 2 rings (SSSR count). The highest BCUT2D eigenvalue weighted by Crippen LogP contribution is 2.19. The van der Waals surface area contributed by atoms with Crippen molar-refractivity contribution in [3.05, 3.63) is 66.2 Å². The molecule has 1 atom stereocenters. The van der Waals surface area contributed by atoms with Crippen molar-refractivity contribution in [2.75, 3.05) is 11.7 Å². The largest absolute Gasteiger partial charge is 0.351 e. The lowest BCUT2D eigenvalue weighted by atomic mass is 10.1. The second kappa shape index (κ2) is 11.5. The Labute approximate surface area is 162 Å². The molecule has 0 aromatic heterocycles. The first-order valence-corrected chi connectivity index (χ1v) is 8.37. The van der Waals surface area contributed by atoms with Crippen molar-refractivity contribution in [2.45, 2.75) is 12.3 Å². The van der Waals surface area contributed by atoms with Crippen molar-refractivity contribution >= 4 is 35.3 Å². The number of primary amides is 2. The van der Waals surface area contributed by atoms with Crippen LogP contribution in [0.25, 0.3) is 0 Å². The Hall–Kier alpha value is -3.10. The number of urea groups is 2. The van der Waals surface area contributed by atoms with Gasteiger partial charge in [0.15, 0.2) is 0 Å². The number of hydrogen-bond acceptors (Lipinski definition) is 4. The molecule has 8 nitrogen and oxygen atoms in total. The van der Waals surface area contributed by atoms with Crippen molar-refractivity contribution in [1.29, 1.82) is 0 Å². The lowest BCUT2D eigenvalue weighted by Crippen LogP contribution is -2.36. The van der Waals surface area contributed by atoms with Crippen molar-refractivity contribution < 1.29 is 19.2 Å². The summed E-state index contributed by atoms with van der Waals surface area (Å²) in [4.78, 5) is 37.5. The molecule has 5 amide bonds. The minimum Gasteiger partial charge on any atom is -0.351 e. The summed E-state index contributed by atoms with van der Waals surface area (Å²) in [7, 11) is 0. The van der Waals surface area contributed by atoms with Crippen LogP contribution >= 0.6 is 11.6 Å². The molecule has 0 saturated carbocycles. The molecular formula is C18H21ClN4O4. The van der Waals surface area contributed by atoms with Gasteiger partial charge in [-0.25, -0.2) is 9.59 Å². The average Bonchev–Trinajstić information content (AvgIpc) is 2.66. The highest BCUT2D eigenvalue weighted by molar-refractivity contribution is 6.31. The van der Waals surface area contributed by atoms with E-state index < -0.39 is 23.3 Å². The van der Waals surface area contributed by atoms with E-state index in [4.69, 9.17) is 27.9 Å². The smallest absolute Gasteiger partial charge is 0.343 e. The van der Waals surface area contributed by atoms with E-state index >= 15 is 0 Å². The van der Waals surface area contributed by atoms with Crippen LogP contribution in [0.2, 0.25) is 0 Å². The van der Waals surface area contributed by atoms with Gasteiger partial charge in [0.05, 0.1) is 12.3 Å². The minimum absolute atomic E-state index is 0.401. The number of nitrogens with two attached hydrogens (primary N) is 2. The maximum atomic E-state index is 11.2. The number of hydrogen-bond donors (Lipinski definition) is 3. The number of benzene rings is 2. The van der Waals surface area contributed by atoms with E-state index in [1.54, 1.807) is 49.4 Å². The van der Waals surface area contributed by atoms with Crippen LogP contribution in [0.15, 0.2) is 60.7 Å². The van der Waals surface area contributed by atoms with Crippen LogP contribution in [-0.2, 0) is 9.63 Å². The summed E-state index contributed by atoms with van der Waals surface area (Å²) >= 11 is 5.78. The maximum absolute atomic E-state index is 11.2. The van der Waals surface area contributed by atoms with Crippen molar-refractivity contribution in [3.8, 4) is 0 Å². The second-order valence-corrected chi connectivity index (χ2v) is 5.45. The number of hydroxylamine groups is 1. The Morgan fingerprint density at radius 1 is 1.04 bits per heavy atom. The molecule has 0 heterocycles. The van der Waals surface area contributed by atoms with E-state index in [2.05, 4.69) is 0 Å². The van der Waals surface area contributed by atoms with Crippen LogP contribution in [-0.4, -0.2) is 24.6 Å². The Kier molecular flexibility index (Phi) is 9.35. The van der Waals surface area contributed by atoms with E-state index in [9.17, 15) is 14.4 Å². The second-order valence-electron chi connectivity index (χ2n) is 5.01.